The van der Waals surface area contributed by atoms with Crippen molar-refractivity contribution in [1.82, 2.24) is 15.3 Å². The maximum Gasteiger partial charge on any atom is 0.265 e. The zero-order valence-corrected chi connectivity index (χ0v) is 15.6. The van der Waals surface area contributed by atoms with E-state index in [-0.39, 0.29) is 17.6 Å². The maximum absolute atomic E-state index is 12.4. The van der Waals surface area contributed by atoms with Crippen molar-refractivity contribution in [3.8, 4) is 5.75 Å². The monoisotopic (exact) mass is 391 g/mol. The summed E-state index contributed by atoms with van der Waals surface area (Å²) in [5, 5.41) is 15.1. The van der Waals surface area contributed by atoms with Gasteiger partial charge in [-0.15, -0.1) is 11.3 Å². The number of amides is 1. The Morgan fingerprint density at radius 3 is 2.71 bits per heavy atom. The van der Waals surface area contributed by atoms with Crippen molar-refractivity contribution in [1.29, 1.82) is 0 Å². The molecule has 3 heterocycles. The van der Waals surface area contributed by atoms with Gasteiger partial charge in [-0.1, -0.05) is 36.4 Å². The Morgan fingerprint density at radius 2 is 1.96 bits per heavy atom. The lowest BCUT2D eigenvalue weighted by Gasteiger charge is -2.09. The summed E-state index contributed by atoms with van der Waals surface area (Å²) in [6.07, 6.45) is 2.29. The average Bonchev–Trinajstić information content (AvgIpc) is 3.20. The van der Waals surface area contributed by atoms with E-state index < -0.39 is 17.2 Å². The molecule has 4 aromatic rings. The number of aromatic hydroxyl groups is 1. The number of fused-ring (bicyclic) bond motifs is 1. The number of carbonyl (C=O) groups excluding carboxylic acids is 1. The van der Waals surface area contributed by atoms with E-state index in [1.807, 2.05) is 47.8 Å². The lowest BCUT2D eigenvalue weighted by Crippen LogP contribution is -2.29. The lowest BCUT2D eigenvalue weighted by atomic mass is 10.1. The third-order valence-corrected chi connectivity index (χ3v) is 5.24. The van der Waals surface area contributed by atoms with Crippen LogP contribution in [-0.2, 0) is 13.0 Å². The molecule has 4 rings (SSSR count). The normalized spacial score (nSPS) is 10.9. The summed E-state index contributed by atoms with van der Waals surface area (Å²) in [5.74, 6) is -1.04. The van der Waals surface area contributed by atoms with E-state index in [0.717, 1.165) is 16.0 Å². The molecule has 6 nitrogen and oxygen atoms in total. The van der Waals surface area contributed by atoms with Crippen molar-refractivity contribution < 1.29 is 9.90 Å². The van der Waals surface area contributed by atoms with Gasteiger partial charge in [0.2, 0.25) is 0 Å². The second-order valence-corrected chi connectivity index (χ2v) is 7.37. The van der Waals surface area contributed by atoms with E-state index in [1.165, 1.54) is 11.3 Å². The van der Waals surface area contributed by atoms with Gasteiger partial charge in [-0.05, 0) is 35.1 Å². The zero-order valence-electron chi connectivity index (χ0n) is 14.8. The number of aromatic nitrogens is 2. The number of hydrogen-bond acceptors (Lipinski definition) is 5. The van der Waals surface area contributed by atoms with Crippen molar-refractivity contribution in [2.75, 3.05) is 0 Å². The highest BCUT2D eigenvalue weighted by atomic mass is 32.1. The summed E-state index contributed by atoms with van der Waals surface area (Å²) in [6.45, 7) is 0.289. The van der Waals surface area contributed by atoms with Crippen LogP contribution in [0.25, 0.3) is 11.0 Å². The van der Waals surface area contributed by atoms with Gasteiger partial charge in [-0.25, -0.2) is 0 Å². The Morgan fingerprint density at radius 1 is 1.14 bits per heavy atom. The van der Waals surface area contributed by atoms with Crippen molar-refractivity contribution in [2.45, 2.75) is 13.0 Å². The number of aromatic amines is 1. The molecule has 140 valence electrons. The van der Waals surface area contributed by atoms with Crippen LogP contribution in [0, 0.1) is 0 Å². The minimum atomic E-state index is -0.646. The van der Waals surface area contributed by atoms with E-state index in [1.54, 1.807) is 12.3 Å². The number of hydrogen-bond donors (Lipinski definition) is 3. The van der Waals surface area contributed by atoms with Crippen LogP contribution >= 0.6 is 11.3 Å². The molecular weight excluding hydrogens is 374 g/mol. The number of thiophene rings is 1. The van der Waals surface area contributed by atoms with Gasteiger partial charge in [0.1, 0.15) is 11.1 Å². The first kappa shape index (κ1) is 17.9. The lowest BCUT2D eigenvalue weighted by molar-refractivity contribution is 0.0947. The highest BCUT2D eigenvalue weighted by molar-refractivity contribution is 7.09. The van der Waals surface area contributed by atoms with Gasteiger partial charge in [0.25, 0.3) is 11.5 Å². The fraction of sp³-hybridized carbons (Fsp3) is 0.0952. The molecule has 0 saturated heterocycles. The number of nitrogens with one attached hydrogen (secondary N) is 2. The predicted octanol–water partition coefficient (Wildman–Crippen LogP) is 3.21. The van der Waals surface area contributed by atoms with Crippen molar-refractivity contribution in [2.24, 2.45) is 0 Å². The van der Waals surface area contributed by atoms with Gasteiger partial charge in [0, 0.05) is 11.1 Å². The molecule has 0 aliphatic heterocycles. The van der Waals surface area contributed by atoms with Crippen molar-refractivity contribution >= 4 is 28.3 Å². The summed E-state index contributed by atoms with van der Waals surface area (Å²) in [7, 11) is 0. The molecule has 28 heavy (non-hydrogen) atoms. The van der Waals surface area contributed by atoms with Gasteiger partial charge in [0.05, 0.1) is 12.1 Å². The molecule has 1 aromatic carbocycles. The highest BCUT2D eigenvalue weighted by Crippen LogP contribution is 2.24. The van der Waals surface area contributed by atoms with Crippen molar-refractivity contribution in [3.63, 3.8) is 0 Å². The summed E-state index contributed by atoms with van der Waals surface area (Å²) >= 11 is 1.50. The quantitative estimate of drug-likeness (QED) is 0.487. The molecule has 0 fully saturated rings. The first-order valence-electron chi connectivity index (χ1n) is 8.70. The molecule has 3 N–H and O–H groups in total. The van der Waals surface area contributed by atoms with E-state index in [2.05, 4.69) is 15.3 Å². The molecular formula is C21H17N3O3S. The predicted molar refractivity (Wildman–Crippen MR) is 109 cm³/mol. The fourth-order valence-electron chi connectivity index (χ4n) is 3.01. The van der Waals surface area contributed by atoms with Crippen LogP contribution in [0.15, 0.2) is 64.9 Å². The molecule has 0 saturated carbocycles. The molecule has 0 radical (unpaired) electrons. The number of pyridine rings is 2. The Labute approximate surface area is 164 Å². The minimum Gasteiger partial charge on any atom is -0.505 e. The molecule has 0 bridgehead atoms. The fourth-order valence-corrected chi connectivity index (χ4v) is 3.66. The SMILES string of the molecule is O=C(NCc1cccs1)c1c(O)c2ncc(Cc3ccccc3)cc2[nH]c1=O. The van der Waals surface area contributed by atoms with Crippen LogP contribution in [0.1, 0.15) is 26.4 Å². The van der Waals surface area contributed by atoms with Crippen LogP contribution < -0.4 is 10.9 Å². The third-order valence-electron chi connectivity index (χ3n) is 4.36. The molecule has 0 aliphatic rings. The Bertz CT molecular complexity index is 1180. The van der Waals surface area contributed by atoms with E-state index >= 15 is 0 Å². The summed E-state index contributed by atoms with van der Waals surface area (Å²) < 4.78 is 0. The number of nitrogens with zero attached hydrogens (tertiary/aromatic N) is 1. The number of carbonyl (C=O) groups is 1. The van der Waals surface area contributed by atoms with Gasteiger partial charge in [0.15, 0.2) is 5.75 Å². The van der Waals surface area contributed by atoms with Crippen LogP contribution in [0.2, 0.25) is 0 Å². The van der Waals surface area contributed by atoms with Crippen LogP contribution in [0.3, 0.4) is 0 Å². The Hall–Kier alpha value is -3.45. The van der Waals surface area contributed by atoms with E-state index in [4.69, 9.17) is 0 Å². The van der Waals surface area contributed by atoms with E-state index in [9.17, 15) is 14.7 Å². The molecule has 0 unspecified atom stereocenters. The first-order chi connectivity index (χ1) is 13.6. The molecule has 0 spiro atoms. The topological polar surface area (TPSA) is 95.1 Å². The number of H-pyrrole nitrogens is 1. The number of rotatable bonds is 5. The zero-order chi connectivity index (χ0) is 19.5. The summed E-state index contributed by atoms with van der Waals surface area (Å²) in [6, 6.07) is 15.4. The van der Waals surface area contributed by atoms with E-state index in [0.29, 0.717) is 11.9 Å². The molecule has 0 aliphatic carbocycles. The second kappa shape index (κ2) is 7.66. The third kappa shape index (κ3) is 3.65. The summed E-state index contributed by atoms with van der Waals surface area (Å²) in [4.78, 5) is 32.7. The van der Waals surface area contributed by atoms with Gasteiger partial charge in [-0.3, -0.25) is 14.6 Å². The van der Waals surface area contributed by atoms with Crippen LogP contribution in [-0.4, -0.2) is 21.0 Å². The Balaban J connectivity index is 1.63. The first-order valence-corrected chi connectivity index (χ1v) is 9.58. The van der Waals surface area contributed by atoms with Gasteiger partial charge in [-0.2, -0.15) is 0 Å². The van der Waals surface area contributed by atoms with Gasteiger partial charge >= 0.3 is 0 Å². The molecule has 3 aromatic heterocycles. The standard InChI is InChI=1S/C21H17N3O3S/c25-19-17(20(26)23-12-15-7-4-8-28-15)21(27)24-16-10-14(11-22-18(16)19)9-13-5-2-1-3-6-13/h1-8,10-11H,9,12H2,(H,23,26)(H2,24,25,27). The molecule has 1 amide bonds. The number of benzene rings is 1. The van der Waals surface area contributed by atoms with Gasteiger partial charge < -0.3 is 15.4 Å². The van der Waals surface area contributed by atoms with Crippen molar-refractivity contribution in [3.05, 3.63) is 92.0 Å². The summed E-state index contributed by atoms with van der Waals surface area (Å²) in [5.41, 5.74) is 1.62. The smallest absolute Gasteiger partial charge is 0.265 e. The second-order valence-electron chi connectivity index (χ2n) is 6.34. The van der Waals surface area contributed by atoms with Crippen LogP contribution in [0.5, 0.6) is 5.75 Å². The van der Waals surface area contributed by atoms with Crippen LogP contribution in [0.4, 0.5) is 0 Å². The largest absolute Gasteiger partial charge is 0.505 e. The highest BCUT2D eigenvalue weighted by Gasteiger charge is 2.20. The molecule has 7 heteroatoms. The molecule has 0 atom stereocenters. The average molecular weight is 391 g/mol. The Kier molecular flexibility index (Phi) is 4.90. The maximum atomic E-state index is 12.4. The minimum absolute atomic E-state index is 0.192.